The Bertz CT molecular complexity index is 720. The Balaban J connectivity index is 2.33. The number of aromatic nitrogens is 2. The van der Waals surface area contributed by atoms with Crippen LogP contribution >= 0.6 is 15.9 Å². The molecule has 2 rings (SSSR count). The van der Waals surface area contributed by atoms with Crippen molar-refractivity contribution in [2.75, 3.05) is 5.32 Å². The van der Waals surface area contributed by atoms with Gasteiger partial charge >= 0.3 is 5.69 Å². The third kappa shape index (κ3) is 3.00. The Morgan fingerprint density at radius 2 is 2.00 bits per heavy atom. The Morgan fingerprint density at radius 1 is 1.26 bits per heavy atom. The number of rotatable bonds is 2. The molecule has 19 heavy (non-hydrogen) atoms. The first-order valence-electron chi connectivity index (χ1n) is 5.37. The van der Waals surface area contributed by atoms with E-state index in [-0.39, 0.29) is 5.69 Å². The van der Waals surface area contributed by atoms with Gasteiger partial charge in [-0.25, -0.2) is 4.79 Å². The van der Waals surface area contributed by atoms with Gasteiger partial charge in [0, 0.05) is 16.2 Å². The maximum absolute atomic E-state index is 11.9. The third-order valence-corrected chi connectivity index (χ3v) is 3.38. The van der Waals surface area contributed by atoms with Gasteiger partial charge in [-0.2, -0.15) is 0 Å². The van der Waals surface area contributed by atoms with Crippen LogP contribution in [0.15, 0.2) is 38.3 Å². The first-order valence-corrected chi connectivity index (χ1v) is 6.17. The highest BCUT2D eigenvalue weighted by Crippen LogP contribution is 2.23. The lowest BCUT2D eigenvalue weighted by Crippen LogP contribution is -2.27. The molecule has 0 saturated heterocycles. The van der Waals surface area contributed by atoms with Crippen molar-refractivity contribution in [2.45, 2.75) is 6.92 Å². The van der Waals surface area contributed by atoms with Crippen molar-refractivity contribution in [1.29, 1.82) is 0 Å². The first kappa shape index (κ1) is 13.3. The summed E-state index contributed by atoms with van der Waals surface area (Å²) in [7, 11) is 0. The number of halogens is 1. The summed E-state index contributed by atoms with van der Waals surface area (Å²) in [6.45, 7) is 1.83. The number of hydrogen-bond donors (Lipinski definition) is 3. The summed E-state index contributed by atoms with van der Waals surface area (Å²) in [4.78, 5) is 38.4. The van der Waals surface area contributed by atoms with Crippen LogP contribution in [0.4, 0.5) is 5.69 Å². The number of hydrogen-bond acceptors (Lipinski definition) is 3. The number of nitrogens with one attached hydrogen (secondary N) is 3. The molecule has 2 aromatic rings. The second kappa shape index (κ2) is 5.23. The van der Waals surface area contributed by atoms with Crippen molar-refractivity contribution in [3.8, 4) is 0 Å². The second-order valence-corrected chi connectivity index (χ2v) is 4.72. The van der Waals surface area contributed by atoms with E-state index in [1.807, 2.05) is 18.0 Å². The number of aromatic amines is 2. The molecule has 1 heterocycles. The van der Waals surface area contributed by atoms with Crippen molar-refractivity contribution in [1.82, 2.24) is 9.97 Å². The maximum Gasteiger partial charge on any atom is 0.326 e. The van der Waals surface area contributed by atoms with Crippen LogP contribution in [0.5, 0.6) is 0 Å². The molecule has 3 N–H and O–H groups in total. The maximum atomic E-state index is 11.9. The molecule has 0 aliphatic rings. The molecule has 6 nitrogen and oxygen atoms in total. The van der Waals surface area contributed by atoms with Crippen molar-refractivity contribution in [2.24, 2.45) is 0 Å². The average molecular weight is 324 g/mol. The van der Waals surface area contributed by atoms with E-state index < -0.39 is 17.2 Å². The minimum absolute atomic E-state index is 0.0897. The zero-order valence-electron chi connectivity index (χ0n) is 9.91. The number of carbonyl (C=O) groups is 1. The largest absolute Gasteiger partial charge is 0.326 e. The van der Waals surface area contributed by atoms with Gasteiger partial charge in [0.15, 0.2) is 0 Å². The number of carbonyl (C=O) groups excluding carboxylic acids is 1. The van der Waals surface area contributed by atoms with Gasteiger partial charge in [-0.05, 0) is 24.6 Å². The van der Waals surface area contributed by atoms with E-state index >= 15 is 0 Å². The van der Waals surface area contributed by atoms with Crippen molar-refractivity contribution >= 4 is 27.5 Å². The molecular weight excluding hydrogens is 314 g/mol. The van der Waals surface area contributed by atoms with E-state index in [9.17, 15) is 14.4 Å². The molecular formula is C12H10BrN3O3. The van der Waals surface area contributed by atoms with Crippen molar-refractivity contribution in [3.63, 3.8) is 0 Å². The lowest BCUT2D eigenvalue weighted by atomic mass is 10.2. The highest BCUT2D eigenvalue weighted by atomic mass is 79.9. The molecule has 0 unspecified atom stereocenters. The Labute approximate surface area is 116 Å². The fourth-order valence-corrected chi connectivity index (χ4v) is 1.89. The van der Waals surface area contributed by atoms with Gasteiger partial charge in [0.1, 0.15) is 5.69 Å². The summed E-state index contributed by atoms with van der Waals surface area (Å²) >= 11 is 3.35. The summed E-state index contributed by atoms with van der Waals surface area (Å²) in [5.41, 5.74) is 0.0140. The summed E-state index contributed by atoms with van der Waals surface area (Å²) in [6, 6.07) is 6.38. The van der Waals surface area contributed by atoms with Crippen LogP contribution in [0.3, 0.4) is 0 Å². The topological polar surface area (TPSA) is 94.8 Å². The summed E-state index contributed by atoms with van der Waals surface area (Å²) in [6.07, 6.45) is 0. The van der Waals surface area contributed by atoms with E-state index in [2.05, 4.69) is 26.2 Å². The van der Waals surface area contributed by atoms with Gasteiger partial charge in [0.2, 0.25) is 0 Å². The van der Waals surface area contributed by atoms with Crippen molar-refractivity contribution < 1.29 is 4.79 Å². The van der Waals surface area contributed by atoms with E-state index in [1.165, 1.54) is 0 Å². The standard InChI is InChI=1S/C12H10BrN3O3/c1-6-7(13)3-2-4-8(6)14-11(18)9-5-10(17)16-12(19)15-9/h2-5H,1H3,(H,14,18)(H2,15,16,17,19). The van der Waals surface area contributed by atoms with E-state index in [4.69, 9.17) is 0 Å². The first-order chi connectivity index (χ1) is 8.97. The van der Waals surface area contributed by atoms with E-state index in [0.29, 0.717) is 5.69 Å². The highest BCUT2D eigenvalue weighted by Gasteiger charge is 2.10. The van der Waals surface area contributed by atoms with Gasteiger partial charge in [-0.15, -0.1) is 0 Å². The monoisotopic (exact) mass is 323 g/mol. The number of amides is 1. The Morgan fingerprint density at radius 3 is 2.68 bits per heavy atom. The number of H-pyrrole nitrogens is 2. The third-order valence-electron chi connectivity index (χ3n) is 2.52. The predicted molar refractivity (Wildman–Crippen MR) is 74.5 cm³/mol. The molecule has 0 spiro atoms. The molecule has 1 aromatic heterocycles. The zero-order valence-corrected chi connectivity index (χ0v) is 11.5. The van der Waals surface area contributed by atoms with E-state index in [0.717, 1.165) is 16.1 Å². The molecule has 98 valence electrons. The van der Waals surface area contributed by atoms with Crippen LogP contribution in [0, 0.1) is 6.92 Å². The summed E-state index contributed by atoms with van der Waals surface area (Å²) in [5.74, 6) is -0.551. The summed E-state index contributed by atoms with van der Waals surface area (Å²) in [5, 5.41) is 2.63. The molecule has 0 aliphatic heterocycles. The van der Waals surface area contributed by atoms with Gasteiger partial charge in [-0.3, -0.25) is 14.6 Å². The smallest absolute Gasteiger partial charge is 0.320 e. The minimum Gasteiger partial charge on any atom is -0.320 e. The SMILES string of the molecule is Cc1c(Br)cccc1NC(=O)c1cc(=O)[nH]c(=O)[nH]1. The quantitative estimate of drug-likeness (QED) is 0.779. The van der Waals surface area contributed by atoms with Crippen LogP contribution in [0.1, 0.15) is 16.1 Å². The minimum atomic E-state index is -0.719. The fourth-order valence-electron chi connectivity index (χ4n) is 1.52. The predicted octanol–water partition coefficient (Wildman–Crippen LogP) is 1.39. The van der Waals surface area contributed by atoms with Crippen molar-refractivity contribution in [3.05, 3.63) is 60.8 Å². The van der Waals surface area contributed by atoms with Crippen LogP contribution in [0.2, 0.25) is 0 Å². The Hall–Kier alpha value is -2.15. The molecule has 0 radical (unpaired) electrons. The number of anilines is 1. The normalized spacial score (nSPS) is 10.2. The van der Waals surface area contributed by atoms with E-state index in [1.54, 1.807) is 12.1 Å². The molecule has 7 heteroatoms. The lowest BCUT2D eigenvalue weighted by molar-refractivity contribution is 0.102. The molecule has 0 fully saturated rings. The van der Waals surface area contributed by atoms with Gasteiger partial charge < -0.3 is 10.3 Å². The fraction of sp³-hybridized carbons (Fsp3) is 0.0833. The van der Waals surface area contributed by atoms with Gasteiger partial charge in [-0.1, -0.05) is 22.0 Å². The number of benzene rings is 1. The molecule has 0 atom stereocenters. The lowest BCUT2D eigenvalue weighted by Gasteiger charge is -2.09. The van der Waals surface area contributed by atoms with Crippen LogP contribution in [-0.4, -0.2) is 15.9 Å². The molecule has 0 bridgehead atoms. The van der Waals surface area contributed by atoms with Crippen LogP contribution in [0.25, 0.3) is 0 Å². The van der Waals surface area contributed by atoms with Crippen LogP contribution < -0.4 is 16.6 Å². The molecule has 0 aliphatic carbocycles. The molecule has 0 saturated carbocycles. The summed E-state index contributed by atoms with van der Waals surface area (Å²) < 4.78 is 0.852. The average Bonchev–Trinajstić information content (AvgIpc) is 2.33. The second-order valence-electron chi connectivity index (χ2n) is 3.87. The van der Waals surface area contributed by atoms with Gasteiger partial charge in [0.25, 0.3) is 11.5 Å². The van der Waals surface area contributed by atoms with Gasteiger partial charge in [0.05, 0.1) is 0 Å². The highest BCUT2D eigenvalue weighted by molar-refractivity contribution is 9.10. The molecule has 1 aromatic carbocycles. The van der Waals surface area contributed by atoms with Crippen LogP contribution in [-0.2, 0) is 0 Å². The zero-order chi connectivity index (χ0) is 14.0. The molecule has 1 amide bonds. The Kier molecular flexibility index (Phi) is 3.66.